The normalized spacial score (nSPS) is 17.5. The Hall–Kier alpha value is -5.74. The molecule has 4 nitrogen and oxygen atoms in total. The van der Waals surface area contributed by atoms with E-state index in [2.05, 4.69) is 165 Å². The molecule has 0 amide bonds. The van der Waals surface area contributed by atoms with Crippen molar-refractivity contribution in [3.05, 3.63) is 168 Å². The largest absolute Gasteiger partial charge is 0.326 e. The Morgan fingerprint density at radius 3 is 1.93 bits per heavy atom. The molecule has 0 aliphatic carbocycles. The lowest BCUT2D eigenvalue weighted by Gasteiger charge is -2.47. The molecule has 4 aliphatic heterocycles. The van der Waals surface area contributed by atoms with Crippen molar-refractivity contribution in [3.63, 3.8) is 0 Å². The maximum absolute atomic E-state index is 2.58. The van der Waals surface area contributed by atoms with E-state index in [4.69, 9.17) is 0 Å². The lowest BCUT2D eigenvalue weighted by Crippen LogP contribution is -2.36. The molecule has 206 valence electrons. The van der Waals surface area contributed by atoms with Crippen LogP contribution in [0, 0.1) is 0 Å². The number of fused-ring (bicyclic) bond motifs is 22. The molecular formula is C40H26N4. The van der Waals surface area contributed by atoms with Gasteiger partial charge in [-0.15, -0.1) is 0 Å². The Kier molecular flexibility index (Phi) is 4.15. The van der Waals surface area contributed by atoms with E-state index in [1.807, 2.05) is 0 Å². The predicted molar refractivity (Wildman–Crippen MR) is 177 cm³/mol. The molecule has 0 saturated heterocycles. The predicted octanol–water partition coefficient (Wildman–Crippen LogP) is 9.71. The van der Waals surface area contributed by atoms with Crippen LogP contribution < -0.4 is 9.80 Å². The molecule has 2 unspecified atom stereocenters. The first kappa shape index (κ1) is 22.8. The van der Waals surface area contributed by atoms with Gasteiger partial charge in [-0.1, -0.05) is 72.8 Å². The fraction of sp³-hybridized carbons (Fsp3) is 0.0500. The highest BCUT2D eigenvalue weighted by Crippen LogP contribution is 2.60. The summed E-state index contributed by atoms with van der Waals surface area (Å²) < 4.78 is 4.73. The fourth-order valence-corrected chi connectivity index (χ4v) is 8.47. The highest BCUT2D eigenvalue weighted by atomic mass is 15.3. The fourth-order valence-electron chi connectivity index (χ4n) is 8.47. The van der Waals surface area contributed by atoms with Crippen LogP contribution in [-0.4, -0.2) is 9.13 Å². The van der Waals surface area contributed by atoms with Gasteiger partial charge in [0.2, 0.25) is 0 Å². The van der Waals surface area contributed by atoms with Gasteiger partial charge in [0.1, 0.15) is 11.9 Å². The number of hydrogen-bond donors (Lipinski definition) is 0. The van der Waals surface area contributed by atoms with E-state index in [0.717, 1.165) is 0 Å². The first-order chi connectivity index (χ1) is 21.9. The topological polar surface area (TPSA) is 16.3 Å². The second kappa shape index (κ2) is 8.00. The van der Waals surface area contributed by atoms with E-state index in [1.54, 1.807) is 0 Å². The first-order valence-corrected chi connectivity index (χ1v) is 15.4. The molecule has 44 heavy (non-hydrogen) atoms. The van der Waals surface area contributed by atoms with Gasteiger partial charge in [0.25, 0.3) is 0 Å². The summed E-state index contributed by atoms with van der Waals surface area (Å²) in [6, 6.07) is 49.8. The summed E-state index contributed by atoms with van der Waals surface area (Å²) in [5.74, 6) is 1.20. The van der Waals surface area contributed by atoms with E-state index in [9.17, 15) is 0 Å². The zero-order chi connectivity index (χ0) is 28.5. The summed E-state index contributed by atoms with van der Waals surface area (Å²) in [7, 11) is 0. The van der Waals surface area contributed by atoms with Crippen LogP contribution in [0.5, 0.6) is 0 Å². The summed E-state index contributed by atoms with van der Waals surface area (Å²) in [4.78, 5) is 5.14. The number of nitrogens with zero attached hydrogens (tertiary/aromatic N) is 4. The third-order valence-corrected chi connectivity index (χ3v) is 10.2. The lowest BCUT2D eigenvalue weighted by atomic mass is 9.78. The zero-order valence-electron chi connectivity index (χ0n) is 23.8. The Morgan fingerprint density at radius 2 is 1.05 bits per heavy atom. The quantitative estimate of drug-likeness (QED) is 0.183. The molecule has 2 aromatic heterocycles. The van der Waals surface area contributed by atoms with Crippen molar-refractivity contribution >= 4 is 22.9 Å². The summed E-state index contributed by atoms with van der Waals surface area (Å²) >= 11 is 0. The highest BCUT2D eigenvalue weighted by Gasteiger charge is 2.43. The summed E-state index contributed by atoms with van der Waals surface area (Å²) in [5.41, 5.74) is 16.8. The first-order valence-electron chi connectivity index (χ1n) is 15.4. The van der Waals surface area contributed by atoms with E-state index in [-0.39, 0.29) is 12.1 Å². The number of rotatable bonds is 0. The second-order valence-electron chi connectivity index (χ2n) is 12.2. The Labute approximate surface area is 255 Å². The highest BCUT2D eigenvalue weighted by molar-refractivity contribution is 5.99. The minimum absolute atomic E-state index is 0.0610. The van der Waals surface area contributed by atoms with Crippen molar-refractivity contribution in [2.24, 2.45) is 0 Å². The molecule has 0 fully saturated rings. The van der Waals surface area contributed by atoms with Gasteiger partial charge in [-0.25, -0.2) is 0 Å². The summed E-state index contributed by atoms with van der Waals surface area (Å²) in [6.45, 7) is 0. The molecule has 0 spiro atoms. The monoisotopic (exact) mass is 562 g/mol. The van der Waals surface area contributed by atoms with Gasteiger partial charge in [0.05, 0.1) is 40.2 Å². The molecule has 0 N–H and O–H groups in total. The van der Waals surface area contributed by atoms with Crippen LogP contribution >= 0.6 is 0 Å². The van der Waals surface area contributed by atoms with Gasteiger partial charge in [-0.2, -0.15) is 0 Å². The SMILES string of the molecule is c1ccc2c(c1)-c1cc3c(cc1N1c4cccn4-c4ccccc4C21)-c1ccccc1N1c2ccccc2-n2cccc2C31. The molecule has 4 aliphatic rings. The van der Waals surface area contributed by atoms with Crippen molar-refractivity contribution < 1.29 is 0 Å². The molecule has 4 heteroatoms. The molecular weight excluding hydrogens is 536 g/mol. The van der Waals surface area contributed by atoms with E-state index in [0.29, 0.717) is 0 Å². The van der Waals surface area contributed by atoms with Gasteiger partial charge in [-0.3, -0.25) is 0 Å². The number of aromatic nitrogens is 2. The van der Waals surface area contributed by atoms with E-state index >= 15 is 0 Å². The third kappa shape index (κ3) is 2.66. The van der Waals surface area contributed by atoms with Crippen molar-refractivity contribution in [2.75, 3.05) is 9.80 Å². The molecule has 5 aromatic carbocycles. The number of hydrogen-bond acceptors (Lipinski definition) is 2. The van der Waals surface area contributed by atoms with Crippen molar-refractivity contribution in [1.82, 2.24) is 9.13 Å². The smallest absolute Gasteiger partial charge is 0.118 e. The van der Waals surface area contributed by atoms with Crippen molar-refractivity contribution in [1.29, 1.82) is 0 Å². The van der Waals surface area contributed by atoms with Crippen LogP contribution in [0.15, 0.2) is 146 Å². The molecule has 0 radical (unpaired) electrons. The maximum atomic E-state index is 2.58. The number of benzene rings is 5. The van der Waals surface area contributed by atoms with Crippen LogP contribution in [0.1, 0.15) is 34.5 Å². The van der Waals surface area contributed by atoms with Crippen LogP contribution in [0.2, 0.25) is 0 Å². The van der Waals surface area contributed by atoms with E-state index in [1.165, 1.54) is 78.9 Å². The van der Waals surface area contributed by atoms with Crippen LogP contribution in [0.4, 0.5) is 22.9 Å². The molecule has 2 atom stereocenters. The van der Waals surface area contributed by atoms with Crippen molar-refractivity contribution in [2.45, 2.75) is 12.1 Å². The average molecular weight is 563 g/mol. The lowest BCUT2D eigenvalue weighted by molar-refractivity contribution is 0.721. The van der Waals surface area contributed by atoms with Gasteiger partial charge in [-0.05, 0) is 82.9 Å². The molecule has 6 heterocycles. The van der Waals surface area contributed by atoms with Crippen LogP contribution in [0.25, 0.3) is 33.6 Å². The standard InChI is InChI=1S/C40H26N4/c1-2-13-27-25(11-1)30-23-31-29(24-37(30)44-38-20-10-22-42(38)32-15-5-4-14-28(32)39(27)44)26-12-3-6-16-33(26)43-35-18-8-7-17-34(35)41-21-9-19-36(41)40(31)43/h1-24,39-40H. The molecule has 7 aromatic rings. The molecule has 0 bridgehead atoms. The van der Waals surface area contributed by atoms with Crippen LogP contribution in [0.3, 0.4) is 0 Å². The van der Waals surface area contributed by atoms with E-state index < -0.39 is 0 Å². The summed E-state index contributed by atoms with van der Waals surface area (Å²) in [6.07, 6.45) is 4.41. The Morgan fingerprint density at radius 1 is 0.364 bits per heavy atom. The minimum Gasteiger partial charge on any atom is -0.326 e. The zero-order valence-corrected chi connectivity index (χ0v) is 23.8. The second-order valence-corrected chi connectivity index (χ2v) is 12.2. The maximum Gasteiger partial charge on any atom is 0.118 e. The van der Waals surface area contributed by atoms with Gasteiger partial charge < -0.3 is 18.9 Å². The molecule has 11 rings (SSSR count). The van der Waals surface area contributed by atoms with Gasteiger partial charge >= 0.3 is 0 Å². The van der Waals surface area contributed by atoms with Crippen LogP contribution in [-0.2, 0) is 0 Å². The third-order valence-electron chi connectivity index (χ3n) is 10.2. The van der Waals surface area contributed by atoms with Gasteiger partial charge in [0, 0.05) is 29.1 Å². The van der Waals surface area contributed by atoms with Crippen molar-refractivity contribution in [3.8, 4) is 33.6 Å². The number of anilines is 4. The van der Waals surface area contributed by atoms with Gasteiger partial charge in [0.15, 0.2) is 0 Å². The summed E-state index contributed by atoms with van der Waals surface area (Å²) in [5, 5.41) is 0. The average Bonchev–Trinajstić information content (AvgIpc) is 3.78. The Bertz CT molecular complexity index is 2170. The minimum atomic E-state index is 0.0610. The number of para-hydroxylation sites is 4. The Balaban J connectivity index is 1.24. The molecule has 0 saturated carbocycles.